The molecule has 0 radical (unpaired) electrons. The van der Waals surface area contributed by atoms with Crippen molar-refractivity contribution in [2.45, 2.75) is 38.1 Å². The highest BCUT2D eigenvalue weighted by Crippen LogP contribution is 2.29. The Kier molecular flexibility index (Phi) is 8.73. The predicted octanol–water partition coefficient (Wildman–Crippen LogP) is 3.91. The smallest absolute Gasteiger partial charge is 0.487 e. The van der Waals surface area contributed by atoms with E-state index >= 15 is 0 Å². The van der Waals surface area contributed by atoms with Gasteiger partial charge in [0.1, 0.15) is 5.75 Å². The first-order valence-electron chi connectivity index (χ1n) is 11.1. The Labute approximate surface area is 203 Å². The molecular weight excluding hydrogens is 488 g/mol. The lowest BCUT2D eigenvalue weighted by molar-refractivity contribution is -0.274. The van der Waals surface area contributed by atoms with E-state index in [0.29, 0.717) is 25.7 Å². The van der Waals surface area contributed by atoms with Crippen molar-refractivity contribution in [2.75, 3.05) is 13.1 Å². The number of carbonyl (C=O) groups is 3. The van der Waals surface area contributed by atoms with E-state index in [1.54, 1.807) is 0 Å². The van der Waals surface area contributed by atoms with E-state index in [1.807, 2.05) is 0 Å². The van der Waals surface area contributed by atoms with Gasteiger partial charge in [-0.2, -0.15) is 0 Å². The summed E-state index contributed by atoms with van der Waals surface area (Å²) in [5.41, 5.74) is 0.144. The molecule has 1 aliphatic rings. The van der Waals surface area contributed by atoms with E-state index in [9.17, 15) is 31.9 Å². The molecule has 1 fully saturated rings. The minimum absolute atomic E-state index is 0.0204. The van der Waals surface area contributed by atoms with Crippen LogP contribution in [-0.4, -0.2) is 48.4 Å². The topological polar surface area (TPSA) is 114 Å². The fourth-order valence-electron chi connectivity index (χ4n) is 3.71. The minimum Gasteiger partial charge on any atom is -0.487 e. The van der Waals surface area contributed by atoms with E-state index in [1.165, 1.54) is 24.3 Å². The van der Waals surface area contributed by atoms with Crippen LogP contribution in [0.2, 0.25) is 0 Å². The number of halogens is 4. The summed E-state index contributed by atoms with van der Waals surface area (Å²) in [5.74, 6) is -3.61. The van der Waals surface area contributed by atoms with E-state index in [4.69, 9.17) is 9.84 Å². The normalized spacial score (nSPS) is 17.7. The predicted molar refractivity (Wildman–Crippen MR) is 118 cm³/mol. The van der Waals surface area contributed by atoms with Crippen molar-refractivity contribution in [3.63, 3.8) is 0 Å². The van der Waals surface area contributed by atoms with Gasteiger partial charge in [-0.15, -0.1) is 13.2 Å². The number of benzene rings is 2. The van der Waals surface area contributed by atoms with Crippen LogP contribution in [0, 0.1) is 11.7 Å². The number of nitrogens with one attached hydrogen (secondary N) is 2. The van der Waals surface area contributed by atoms with E-state index in [0.717, 1.165) is 18.2 Å². The zero-order chi connectivity index (χ0) is 26.3. The van der Waals surface area contributed by atoms with Gasteiger partial charge in [-0.05, 0) is 68.1 Å². The largest absolute Gasteiger partial charge is 0.573 e. The maximum absolute atomic E-state index is 14.4. The second-order valence-corrected chi connectivity index (χ2v) is 8.16. The molecule has 0 aliphatic heterocycles. The number of hydrogen-bond acceptors (Lipinski definition) is 5. The number of hydrogen-bond donors (Lipinski definition) is 3. The molecule has 0 spiro atoms. The number of ether oxygens (including phenoxy) is 2. The number of alkyl halides is 3. The van der Waals surface area contributed by atoms with Crippen LogP contribution in [0.15, 0.2) is 42.5 Å². The van der Waals surface area contributed by atoms with Gasteiger partial charge in [0.05, 0.1) is 12.0 Å². The number of amides is 2. The number of carbonyl (C=O) groups excluding carboxylic acids is 2. The number of carboxylic acids is 1. The van der Waals surface area contributed by atoms with E-state index in [2.05, 4.69) is 15.4 Å². The highest BCUT2D eigenvalue weighted by atomic mass is 19.4. The van der Waals surface area contributed by atoms with Crippen molar-refractivity contribution in [3.8, 4) is 11.5 Å². The van der Waals surface area contributed by atoms with Crippen molar-refractivity contribution in [3.05, 3.63) is 59.4 Å². The van der Waals surface area contributed by atoms with Crippen molar-refractivity contribution in [1.82, 2.24) is 10.6 Å². The van der Waals surface area contributed by atoms with Crippen LogP contribution in [0.5, 0.6) is 11.5 Å². The lowest BCUT2D eigenvalue weighted by Gasteiger charge is -2.27. The zero-order valence-corrected chi connectivity index (χ0v) is 18.9. The molecule has 2 aromatic rings. The third-order valence-corrected chi connectivity index (χ3v) is 5.56. The molecule has 0 atom stereocenters. The van der Waals surface area contributed by atoms with Gasteiger partial charge >= 0.3 is 12.3 Å². The second kappa shape index (κ2) is 11.7. The third-order valence-electron chi connectivity index (χ3n) is 5.56. The molecular formula is C24H24F4N2O6. The molecule has 2 aromatic carbocycles. The van der Waals surface area contributed by atoms with Gasteiger partial charge in [-0.1, -0.05) is 0 Å². The molecule has 36 heavy (non-hydrogen) atoms. The Morgan fingerprint density at radius 3 is 1.97 bits per heavy atom. The Morgan fingerprint density at radius 2 is 1.44 bits per heavy atom. The van der Waals surface area contributed by atoms with Crippen LogP contribution in [0.1, 0.15) is 46.4 Å². The van der Waals surface area contributed by atoms with Gasteiger partial charge < -0.3 is 25.2 Å². The fraction of sp³-hybridized carbons (Fsp3) is 0.375. The van der Waals surface area contributed by atoms with E-state index < -0.39 is 41.6 Å². The molecule has 3 N–H and O–H groups in total. The molecule has 0 heterocycles. The Hall–Kier alpha value is -3.83. The molecule has 8 nitrogen and oxygen atoms in total. The lowest BCUT2D eigenvalue weighted by Crippen LogP contribution is -2.34. The van der Waals surface area contributed by atoms with Crippen molar-refractivity contribution >= 4 is 17.8 Å². The maximum atomic E-state index is 14.4. The molecule has 0 saturated heterocycles. The van der Waals surface area contributed by atoms with Crippen LogP contribution in [-0.2, 0) is 4.79 Å². The Morgan fingerprint density at radius 1 is 0.889 bits per heavy atom. The second-order valence-electron chi connectivity index (χ2n) is 8.16. The van der Waals surface area contributed by atoms with E-state index in [-0.39, 0.29) is 36.1 Å². The monoisotopic (exact) mass is 512 g/mol. The summed E-state index contributed by atoms with van der Waals surface area (Å²) in [6.45, 7) is 0.0423. The summed E-state index contributed by atoms with van der Waals surface area (Å²) in [6.07, 6.45) is -3.23. The first-order valence-corrected chi connectivity index (χ1v) is 11.1. The number of carboxylic acid groups (broad SMARTS) is 1. The molecule has 2 amide bonds. The Balaban J connectivity index is 1.42. The van der Waals surface area contributed by atoms with Crippen molar-refractivity contribution in [1.29, 1.82) is 0 Å². The van der Waals surface area contributed by atoms with Gasteiger partial charge in [0, 0.05) is 24.2 Å². The molecule has 3 rings (SSSR count). The lowest BCUT2D eigenvalue weighted by atomic mass is 9.87. The summed E-state index contributed by atoms with van der Waals surface area (Å²) in [6, 6.07) is 8.09. The Bertz CT molecular complexity index is 1080. The summed E-state index contributed by atoms with van der Waals surface area (Å²) in [5, 5.41) is 14.1. The van der Waals surface area contributed by atoms with Crippen LogP contribution in [0.4, 0.5) is 17.6 Å². The summed E-state index contributed by atoms with van der Waals surface area (Å²) in [7, 11) is 0. The molecule has 1 saturated carbocycles. The van der Waals surface area contributed by atoms with Crippen LogP contribution in [0.3, 0.4) is 0 Å². The van der Waals surface area contributed by atoms with Gasteiger partial charge in [-0.25, -0.2) is 4.39 Å². The summed E-state index contributed by atoms with van der Waals surface area (Å²) in [4.78, 5) is 35.4. The fourth-order valence-corrected chi connectivity index (χ4v) is 3.71. The highest BCUT2D eigenvalue weighted by Gasteiger charge is 2.31. The third kappa shape index (κ3) is 7.85. The summed E-state index contributed by atoms with van der Waals surface area (Å²) >= 11 is 0. The number of rotatable bonds is 9. The first kappa shape index (κ1) is 26.8. The first-order chi connectivity index (χ1) is 17.0. The van der Waals surface area contributed by atoms with Gasteiger partial charge in [-0.3, -0.25) is 14.4 Å². The van der Waals surface area contributed by atoms with Crippen LogP contribution in [0.25, 0.3) is 0 Å². The molecule has 1 aliphatic carbocycles. The van der Waals surface area contributed by atoms with Crippen LogP contribution >= 0.6 is 0 Å². The molecule has 0 aromatic heterocycles. The number of aliphatic carboxylic acids is 1. The average Bonchev–Trinajstić information content (AvgIpc) is 2.82. The molecule has 12 heteroatoms. The van der Waals surface area contributed by atoms with Gasteiger partial charge in [0.25, 0.3) is 11.8 Å². The zero-order valence-electron chi connectivity index (χ0n) is 18.9. The summed E-state index contributed by atoms with van der Waals surface area (Å²) < 4.78 is 60.4. The van der Waals surface area contributed by atoms with Gasteiger partial charge in [0.2, 0.25) is 0 Å². The molecule has 194 valence electrons. The molecule has 0 bridgehead atoms. The standard InChI is InChI=1S/C24H24F4N2O6/c25-19-13-16(5-10-20(19)35-17-6-3-15(4-7-17)23(33)34)22(32)30-12-11-29-21(31)14-1-8-18(9-2-14)36-24(26,27)28/h1-2,5,8-10,13,15,17H,3-4,6-7,11-12H2,(H,29,31)(H,30,32)(H,33,34). The quantitative estimate of drug-likeness (QED) is 0.347. The minimum atomic E-state index is -4.83. The maximum Gasteiger partial charge on any atom is 0.573 e. The van der Waals surface area contributed by atoms with Crippen molar-refractivity contribution in [2.24, 2.45) is 5.92 Å². The van der Waals surface area contributed by atoms with Crippen LogP contribution < -0.4 is 20.1 Å². The SMILES string of the molecule is O=C(NCCNC(=O)c1ccc(OC2CCC(C(=O)O)CC2)c(F)c1)c1ccc(OC(F)(F)F)cc1. The van der Waals surface area contributed by atoms with Gasteiger partial charge in [0.15, 0.2) is 11.6 Å². The average molecular weight is 512 g/mol. The highest BCUT2D eigenvalue weighted by molar-refractivity contribution is 5.95. The molecule has 0 unspecified atom stereocenters. The van der Waals surface area contributed by atoms with Crippen molar-refractivity contribution < 1.29 is 46.5 Å².